The molecule has 0 aliphatic heterocycles. The first-order valence-corrected chi connectivity index (χ1v) is 7.43. The number of nitrogens with zero attached hydrogens (tertiary/aromatic N) is 2. The molecule has 0 N–H and O–H groups in total. The van der Waals surface area contributed by atoms with Crippen molar-refractivity contribution in [3.63, 3.8) is 0 Å². The number of hydrogen-bond donors (Lipinski definition) is 0. The summed E-state index contributed by atoms with van der Waals surface area (Å²) in [6.07, 6.45) is 0. The monoisotopic (exact) mass is 308 g/mol. The minimum Gasteiger partial charge on any atom is -0.268 e. The second-order valence-corrected chi connectivity index (χ2v) is 5.67. The molecule has 3 rings (SSSR count). The molecule has 116 valence electrons. The Bertz CT molecular complexity index is 881. The molecule has 0 radical (unpaired) electrons. The third kappa shape index (κ3) is 3.37. The lowest BCUT2D eigenvalue weighted by atomic mass is 10.1. The molecule has 0 fully saturated rings. The number of rotatable bonds is 3. The summed E-state index contributed by atoms with van der Waals surface area (Å²) in [6.45, 7) is 4.20. The smallest absolute Gasteiger partial charge is 0.268 e. The highest BCUT2D eigenvalue weighted by atomic mass is 19.1. The largest absolute Gasteiger partial charge is 0.270 e. The highest BCUT2D eigenvalue weighted by Gasteiger charge is 2.08. The molecular formula is C19H17FN2O. The Kier molecular flexibility index (Phi) is 4.06. The SMILES string of the molecule is Cc1ccc(Cn2nc(-c3ccc(F)cc3)cc(C)c2=O)cc1. The maximum absolute atomic E-state index is 13.1. The molecule has 0 saturated heterocycles. The first-order valence-electron chi connectivity index (χ1n) is 7.43. The van der Waals surface area contributed by atoms with Crippen LogP contribution in [0.25, 0.3) is 11.3 Å². The second-order valence-electron chi connectivity index (χ2n) is 5.67. The Morgan fingerprint density at radius 3 is 2.30 bits per heavy atom. The quantitative estimate of drug-likeness (QED) is 0.739. The molecule has 0 spiro atoms. The Morgan fingerprint density at radius 1 is 1.00 bits per heavy atom. The topological polar surface area (TPSA) is 34.9 Å². The highest BCUT2D eigenvalue weighted by Crippen LogP contribution is 2.17. The van der Waals surface area contributed by atoms with Crippen LogP contribution >= 0.6 is 0 Å². The zero-order valence-electron chi connectivity index (χ0n) is 13.1. The van der Waals surface area contributed by atoms with Crippen molar-refractivity contribution < 1.29 is 4.39 Å². The van der Waals surface area contributed by atoms with E-state index in [4.69, 9.17) is 0 Å². The fourth-order valence-electron chi connectivity index (χ4n) is 2.41. The van der Waals surface area contributed by atoms with E-state index in [1.807, 2.05) is 31.2 Å². The third-order valence-corrected chi connectivity index (χ3v) is 3.75. The Hall–Kier alpha value is -2.75. The fraction of sp³-hybridized carbons (Fsp3) is 0.158. The minimum absolute atomic E-state index is 0.114. The van der Waals surface area contributed by atoms with Gasteiger partial charge in [-0.15, -0.1) is 0 Å². The summed E-state index contributed by atoms with van der Waals surface area (Å²) in [5, 5.41) is 4.43. The van der Waals surface area contributed by atoms with Crippen LogP contribution in [0.15, 0.2) is 59.4 Å². The molecule has 23 heavy (non-hydrogen) atoms. The van der Waals surface area contributed by atoms with Gasteiger partial charge in [0.2, 0.25) is 0 Å². The van der Waals surface area contributed by atoms with Gasteiger partial charge in [-0.2, -0.15) is 5.10 Å². The molecule has 0 aliphatic carbocycles. The fourth-order valence-corrected chi connectivity index (χ4v) is 2.41. The zero-order valence-corrected chi connectivity index (χ0v) is 13.1. The molecule has 0 aliphatic rings. The summed E-state index contributed by atoms with van der Waals surface area (Å²) >= 11 is 0. The van der Waals surface area contributed by atoms with Crippen LogP contribution in [0.2, 0.25) is 0 Å². The van der Waals surface area contributed by atoms with Crippen molar-refractivity contribution in [1.29, 1.82) is 0 Å². The Balaban J connectivity index is 2.01. The predicted molar refractivity (Wildman–Crippen MR) is 88.9 cm³/mol. The summed E-state index contributed by atoms with van der Waals surface area (Å²) in [5.74, 6) is -0.293. The van der Waals surface area contributed by atoms with Crippen molar-refractivity contribution in [1.82, 2.24) is 9.78 Å². The van der Waals surface area contributed by atoms with E-state index in [0.717, 1.165) is 11.1 Å². The van der Waals surface area contributed by atoms with Crippen LogP contribution in [0.1, 0.15) is 16.7 Å². The van der Waals surface area contributed by atoms with E-state index in [0.29, 0.717) is 17.8 Å². The van der Waals surface area contributed by atoms with Crippen molar-refractivity contribution in [3.05, 3.63) is 87.5 Å². The molecule has 0 bridgehead atoms. The van der Waals surface area contributed by atoms with Gasteiger partial charge in [-0.25, -0.2) is 9.07 Å². The average Bonchev–Trinajstić information content (AvgIpc) is 2.54. The number of hydrogen-bond acceptors (Lipinski definition) is 2. The van der Waals surface area contributed by atoms with Crippen molar-refractivity contribution in [3.8, 4) is 11.3 Å². The van der Waals surface area contributed by atoms with Gasteiger partial charge in [0.05, 0.1) is 12.2 Å². The van der Waals surface area contributed by atoms with Crippen LogP contribution in [0, 0.1) is 19.7 Å². The molecule has 2 aromatic carbocycles. The van der Waals surface area contributed by atoms with E-state index in [2.05, 4.69) is 5.10 Å². The molecule has 0 unspecified atom stereocenters. The summed E-state index contributed by atoms with van der Waals surface area (Å²) in [4.78, 5) is 12.3. The summed E-state index contributed by atoms with van der Waals surface area (Å²) in [6, 6.07) is 15.8. The van der Waals surface area contributed by atoms with Crippen molar-refractivity contribution in [2.24, 2.45) is 0 Å². The Labute approximate surface area is 134 Å². The van der Waals surface area contributed by atoms with E-state index in [1.165, 1.54) is 22.4 Å². The molecule has 0 amide bonds. The molecule has 0 saturated carbocycles. The first kappa shape index (κ1) is 15.2. The lowest BCUT2D eigenvalue weighted by Gasteiger charge is -2.09. The van der Waals surface area contributed by atoms with E-state index in [9.17, 15) is 9.18 Å². The summed E-state index contributed by atoms with van der Waals surface area (Å²) in [5.41, 5.74) is 4.13. The van der Waals surface area contributed by atoms with Crippen LogP contribution in [-0.2, 0) is 6.54 Å². The van der Waals surface area contributed by atoms with Gasteiger partial charge in [-0.3, -0.25) is 4.79 Å². The highest BCUT2D eigenvalue weighted by molar-refractivity contribution is 5.58. The van der Waals surface area contributed by atoms with Crippen LogP contribution in [0.3, 0.4) is 0 Å². The van der Waals surface area contributed by atoms with Gasteiger partial charge in [0.25, 0.3) is 5.56 Å². The van der Waals surface area contributed by atoms with Gasteiger partial charge >= 0.3 is 0 Å². The Morgan fingerprint density at radius 2 is 1.65 bits per heavy atom. The normalized spacial score (nSPS) is 10.7. The van der Waals surface area contributed by atoms with Gasteiger partial charge in [-0.1, -0.05) is 29.8 Å². The lowest BCUT2D eigenvalue weighted by Crippen LogP contribution is -2.25. The maximum Gasteiger partial charge on any atom is 0.270 e. The lowest BCUT2D eigenvalue weighted by molar-refractivity contribution is 0.627. The van der Waals surface area contributed by atoms with Crippen molar-refractivity contribution in [2.75, 3.05) is 0 Å². The van der Waals surface area contributed by atoms with Gasteiger partial charge in [-0.05, 0) is 49.7 Å². The van der Waals surface area contributed by atoms with Gasteiger partial charge in [0.1, 0.15) is 5.82 Å². The van der Waals surface area contributed by atoms with Crippen molar-refractivity contribution >= 4 is 0 Å². The molecular weight excluding hydrogens is 291 g/mol. The van der Waals surface area contributed by atoms with E-state index in [-0.39, 0.29) is 11.4 Å². The second kappa shape index (κ2) is 6.16. The first-order chi connectivity index (χ1) is 11.0. The van der Waals surface area contributed by atoms with Crippen molar-refractivity contribution in [2.45, 2.75) is 20.4 Å². The molecule has 1 heterocycles. The van der Waals surface area contributed by atoms with Gasteiger partial charge < -0.3 is 0 Å². The van der Waals surface area contributed by atoms with Gasteiger partial charge in [0, 0.05) is 11.1 Å². The third-order valence-electron chi connectivity index (χ3n) is 3.75. The molecule has 3 nitrogen and oxygen atoms in total. The number of benzene rings is 2. The standard InChI is InChI=1S/C19H17FN2O/c1-13-3-5-15(6-4-13)12-22-19(23)14(2)11-18(21-22)16-7-9-17(20)10-8-16/h3-11H,12H2,1-2H3. The molecule has 3 aromatic rings. The summed E-state index contributed by atoms with van der Waals surface area (Å²) < 4.78 is 14.5. The number of aromatic nitrogens is 2. The predicted octanol–water partition coefficient (Wildman–Crippen LogP) is 3.71. The number of halogens is 1. The van der Waals surface area contributed by atoms with Crippen LogP contribution in [0.5, 0.6) is 0 Å². The van der Waals surface area contributed by atoms with E-state index >= 15 is 0 Å². The minimum atomic E-state index is -0.293. The zero-order chi connectivity index (χ0) is 16.4. The van der Waals surface area contributed by atoms with Gasteiger partial charge in [0.15, 0.2) is 0 Å². The molecule has 4 heteroatoms. The molecule has 1 aromatic heterocycles. The summed E-state index contributed by atoms with van der Waals surface area (Å²) in [7, 11) is 0. The average molecular weight is 308 g/mol. The van der Waals surface area contributed by atoms with E-state index in [1.54, 1.807) is 25.1 Å². The number of aryl methyl sites for hydroxylation is 2. The maximum atomic E-state index is 13.1. The van der Waals surface area contributed by atoms with Crippen LogP contribution in [-0.4, -0.2) is 9.78 Å². The van der Waals surface area contributed by atoms with E-state index < -0.39 is 0 Å². The van der Waals surface area contributed by atoms with Crippen LogP contribution in [0.4, 0.5) is 4.39 Å². The molecule has 0 atom stereocenters. The van der Waals surface area contributed by atoms with Crippen LogP contribution < -0.4 is 5.56 Å².